The molecule has 0 spiro atoms. The number of hydrogen-bond donors (Lipinski definition) is 2. The highest BCUT2D eigenvalue weighted by Gasteiger charge is 2.25. The molecule has 0 unspecified atom stereocenters. The first-order chi connectivity index (χ1) is 9.92. The minimum atomic E-state index is -3.47. The Bertz CT molecular complexity index is 594. The van der Waals surface area contributed by atoms with E-state index in [1.807, 2.05) is 0 Å². The Morgan fingerprint density at radius 2 is 1.95 bits per heavy atom. The molecule has 1 aliphatic rings. The third-order valence-electron chi connectivity index (χ3n) is 3.35. The van der Waals surface area contributed by atoms with E-state index in [9.17, 15) is 13.2 Å². The van der Waals surface area contributed by atoms with E-state index < -0.39 is 16.0 Å². The molecular formula is C14H20N2O4S. The van der Waals surface area contributed by atoms with Gasteiger partial charge in [0.1, 0.15) is 6.54 Å². The summed E-state index contributed by atoms with van der Waals surface area (Å²) in [6.07, 6.45) is 2.26. The Kier molecular flexibility index (Phi) is 4.84. The first-order valence-corrected chi connectivity index (χ1v) is 8.47. The van der Waals surface area contributed by atoms with Crippen molar-refractivity contribution in [3.05, 3.63) is 24.3 Å². The molecule has 7 heteroatoms. The lowest BCUT2D eigenvalue weighted by molar-refractivity contribution is -0.135. The summed E-state index contributed by atoms with van der Waals surface area (Å²) in [5.41, 5.74) is 0.736. The lowest BCUT2D eigenvalue weighted by Crippen LogP contribution is -2.31. The summed E-state index contributed by atoms with van der Waals surface area (Å²) >= 11 is 0. The fourth-order valence-electron chi connectivity index (χ4n) is 2.15. The molecule has 0 saturated heterocycles. The average molecular weight is 312 g/mol. The van der Waals surface area contributed by atoms with Crippen LogP contribution in [0, 0.1) is 5.92 Å². The van der Waals surface area contributed by atoms with Crippen molar-refractivity contribution < 1.29 is 18.3 Å². The summed E-state index contributed by atoms with van der Waals surface area (Å²) in [5.74, 6) is -0.338. The van der Waals surface area contributed by atoms with Gasteiger partial charge in [-0.05, 0) is 43.0 Å². The normalized spacial score (nSPS) is 14.9. The van der Waals surface area contributed by atoms with Crippen molar-refractivity contribution in [2.75, 3.05) is 24.5 Å². The molecule has 2 N–H and O–H groups in total. The van der Waals surface area contributed by atoms with Crippen LogP contribution in [0.4, 0.5) is 5.69 Å². The molecule has 0 aromatic heterocycles. The number of benzene rings is 1. The Balaban J connectivity index is 2.16. The van der Waals surface area contributed by atoms with E-state index in [1.165, 1.54) is 12.1 Å². The third kappa shape index (κ3) is 4.44. The minimum Gasteiger partial charge on any atom is -0.480 e. The molecule has 1 saturated carbocycles. The van der Waals surface area contributed by atoms with Gasteiger partial charge in [0.15, 0.2) is 0 Å². The van der Waals surface area contributed by atoms with Crippen LogP contribution in [0.1, 0.15) is 19.8 Å². The van der Waals surface area contributed by atoms with Gasteiger partial charge in [0.05, 0.1) is 4.90 Å². The van der Waals surface area contributed by atoms with E-state index >= 15 is 0 Å². The molecule has 1 fully saturated rings. The van der Waals surface area contributed by atoms with Gasteiger partial charge in [-0.1, -0.05) is 6.92 Å². The van der Waals surface area contributed by atoms with Crippen LogP contribution in [0.15, 0.2) is 29.2 Å². The number of anilines is 1. The topological polar surface area (TPSA) is 86.7 Å². The van der Waals surface area contributed by atoms with E-state index in [0.29, 0.717) is 19.0 Å². The monoisotopic (exact) mass is 312 g/mol. The second-order valence-electron chi connectivity index (χ2n) is 5.21. The summed E-state index contributed by atoms with van der Waals surface area (Å²) in [7, 11) is -3.47. The Morgan fingerprint density at radius 3 is 2.43 bits per heavy atom. The molecule has 0 heterocycles. The van der Waals surface area contributed by atoms with Crippen molar-refractivity contribution in [1.82, 2.24) is 4.72 Å². The van der Waals surface area contributed by atoms with Gasteiger partial charge < -0.3 is 10.0 Å². The maximum absolute atomic E-state index is 11.9. The van der Waals surface area contributed by atoms with Crippen LogP contribution < -0.4 is 9.62 Å². The summed E-state index contributed by atoms with van der Waals surface area (Å²) in [5, 5.41) is 8.98. The van der Waals surface area contributed by atoms with Crippen LogP contribution >= 0.6 is 0 Å². The Labute approximate surface area is 124 Å². The summed E-state index contributed by atoms with van der Waals surface area (Å²) in [6.45, 7) is 2.68. The number of carbonyl (C=O) groups is 1. The Morgan fingerprint density at radius 1 is 1.33 bits per heavy atom. The molecule has 116 valence electrons. The zero-order valence-electron chi connectivity index (χ0n) is 11.9. The predicted molar refractivity (Wildman–Crippen MR) is 79.9 cm³/mol. The molecule has 0 amide bonds. The highest BCUT2D eigenvalue weighted by Crippen LogP contribution is 2.31. The van der Waals surface area contributed by atoms with Gasteiger partial charge in [-0.3, -0.25) is 4.79 Å². The molecule has 0 atom stereocenters. The van der Waals surface area contributed by atoms with E-state index in [2.05, 4.69) is 4.72 Å². The lowest BCUT2D eigenvalue weighted by Gasteiger charge is -2.23. The van der Waals surface area contributed by atoms with Crippen LogP contribution in [-0.2, 0) is 14.8 Å². The maximum Gasteiger partial charge on any atom is 0.323 e. The van der Waals surface area contributed by atoms with Crippen LogP contribution in [0.2, 0.25) is 0 Å². The Hall–Kier alpha value is -1.60. The van der Waals surface area contributed by atoms with E-state index in [-0.39, 0.29) is 11.4 Å². The smallest absolute Gasteiger partial charge is 0.323 e. The number of aliphatic carboxylic acids is 1. The molecule has 0 bridgehead atoms. The molecule has 1 aromatic carbocycles. The number of rotatable bonds is 8. The summed E-state index contributed by atoms with van der Waals surface area (Å²) in [4.78, 5) is 12.9. The highest BCUT2D eigenvalue weighted by molar-refractivity contribution is 7.89. The number of hydrogen-bond acceptors (Lipinski definition) is 4. The van der Waals surface area contributed by atoms with Crippen LogP contribution in [0.5, 0.6) is 0 Å². The number of carboxylic acid groups (broad SMARTS) is 1. The van der Waals surface area contributed by atoms with Crippen molar-refractivity contribution in [3.8, 4) is 0 Å². The van der Waals surface area contributed by atoms with E-state index in [0.717, 1.165) is 18.5 Å². The van der Waals surface area contributed by atoms with Gasteiger partial charge in [0.2, 0.25) is 10.0 Å². The summed E-state index contributed by atoms with van der Waals surface area (Å²) in [6, 6.07) is 6.34. The molecule has 1 aromatic rings. The van der Waals surface area contributed by atoms with Crippen molar-refractivity contribution in [3.63, 3.8) is 0 Å². The van der Waals surface area contributed by atoms with Gasteiger partial charge >= 0.3 is 5.97 Å². The van der Waals surface area contributed by atoms with Crippen LogP contribution in [0.3, 0.4) is 0 Å². The van der Waals surface area contributed by atoms with Gasteiger partial charge in [-0.2, -0.15) is 0 Å². The minimum absolute atomic E-state index is 0.0736. The average Bonchev–Trinajstić information content (AvgIpc) is 3.21. The first-order valence-electron chi connectivity index (χ1n) is 6.99. The van der Waals surface area contributed by atoms with Gasteiger partial charge in [-0.15, -0.1) is 0 Å². The molecule has 1 aliphatic carbocycles. The first kappa shape index (κ1) is 15.8. The third-order valence-corrected chi connectivity index (χ3v) is 4.91. The van der Waals surface area contributed by atoms with Crippen molar-refractivity contribution in [2.24, 2.45) is 5.92 Å². The van der Waals surface area contributed by atoms with Crippen LogP contribution in [0.25, 0.3) is 0 Å². The zero-order valence-corrected chi connectivity index (χ0v) is 12.8. The second-order valence-corrected chi connectivity index (χ2v) is 6.98. The number of nitrogens with one attached hydrogen (secondary N) is 1. The molecular weight excluding hydrogens is 292 g/mol. The standard InChI is InChI=1S/C14H20N2O4S/c1-2-15-21(19,20)13-7-5-12(6-8-13)16(10-14(17)18)9-11-3-4-11/h5-8,11,15H,2-4,9-10H2,1H3,(H,17,18). The SMILES string of the molecule is CCNS(=O)(=O)c1ccc(N(CC(=O)O)CC2CC2)cc1. The number of sulfonamides is 1. The van der Waals surface area contributed by atoms with E-state index in [1.54, 1.807) is 24.0 Å². The molecule has 2 rings (SSSR count). The quantitative estimate of drug-likeness (QED) is 0.755. The largest absolute Gasteiger partial charge is 0.480 e. The molecule has 21 heavy (non-hydrogen) atoms. The van der Waals surface area contributed by atoms with Crippen molar-refractivity contribution in [1.29, 1.82) is 0 Å². The van der Waals surface area contributed by atoms with Crippen LogP contribution in [-0.4, -0.2) is 39.1 Å². The van der Waals surface area contributed by atoms with Gasteiger partial charge in [-0.25, -0.2) is 13.1 Å². The van der Waals surface area contributed by atoms with Gasteiger partial charge in [0.25, 0.3) is 0 Å². The molecule has 0 radical (unpaired) electrons. The highest BCUT2D eigenvalue weighted by atomic mass is 32.2. The maximum atomic E-state index is 11.9. The number of carboxylic acids is 1. The van der Waals surface area contributed by atoms with Crippen molar-refractivity contribution >= 4 is 21.7 Å². The second kappa shape index (κ2) is 6.44. The fraction of sp³-hybridized carbons (Fsp3) is 0.500. The zero-order chi connectivity index (χ0) is 15.5. The fourth-order valence-corrected chi connectivity index (χ4v) is 3.19. The van der Waals surface area contributed by atoms with Crippen molar-refractivity contribution in [2.45, 2.75) is 24.7 Å². The van der Waals surface area contributed by atoms with Gasteiger partial charge in [0, 0.05) is 18.8 Å². The van der Waals surface area contributed by atoms with E-state index in [4.69, 9.17) is 5.11 Å². The summed E-state index contributed by atoms with van der Waals surface area (Å²) < 4.78 is 26.1. The lowest BCUT2D eigenvalue weighted by atomic mass is 10.2. The molecule has 6 nitrogen and oxygen atoms in total. The molecule has 0 aliphatic heterocycles. The predicted octanol–water partition coefficient (Wildman–Crippen LogP) is 1.29. The number of nitrogens with zero attached hydrogens (tertiary/aromatic N) is 1.